The number of hydrogen-bond donors (Lipinski definition) is 1. The Kier molecular flexibility index (Phi) is 6.77. The Bertz CT molecular complexity index is 1140. The second-order valence-electron chi connectivity index (χ2n) is 9.34. The second kappa shape index (κ2) is 10.1. The number of nitrogens with zero attached hydrogens (tertiary/aromatic N) is 1. The molecule has 4 nitrogen and oxygen atoms in total. The van der Waals surface area contributed by atoms with Crippen molar-refractivity contribution in [2.45, 2.75) is 57.5 Å². The number of hydrogen-bond acceptors (Lipinski definition) is 2. The van der Waals surface area contributed by atoms with Gasteiger partial charge in [0, 0.05) is 10.7 Å². The van der Waals surface area contributed by atoms with E-state index in [2.05, 4.69) is 48.6 Å². The molecule has 1 saturated carbocycles. The first-order valence-corrected chi connectivity index (χ1v) is 12.7. The Hall–Kier alpha value is -2.98. The Labute approximate surface area is 206 Å². The van der Waals surface area contributed by atoms with Crippen LogP contribution in [0.2, 0.25) is 5.02 Å². The van der Waals surface area contributed by atoms with E-state index in [1.807, 2.05) is 6.07 Å². The average molecular weight is 475 g/mol. The van der Waals surface area contributed by atoms with Gasteiger partial charge in [-0.25, -0.2) is 4.79 Å². The maximum Gasteiger partial charge on any atom is 0.326 e. The van der Waals surface area contributed by atoms with Crippen molar-refractivity contribution in [3.8, 4) is 16.9 Å². The van der Waals surface area contributed by atoms with Crippen LogP contribution in [0.1, 0.15) is 56.9 Å². The lowest BCUT2D eigenvalue weighted by Gasteiger charge is -2.35. The van der Waals surface area contributed by atoms with Crippen molar-refractivity contribution in [3.05, 3.63) is 77.3 Å². The molecule has 1 N–H and O–H groups in total. The van der Waals surface area contributed by atoms with E-state index in [1.54, 1.807) is 29.2 Å². The molecular formula is C29H31ClN2O2. The van der Waals surface area contributed by atoms with Gasteiger partial charge in [-0.1, -0.05) is 68.1 Å². The third-order valence-electron chi connectivity index (χ3n) is 7.05. The minimum absolute atomic E-state index is 0.0487. The Morgan fingerprint density at radius 3 is 2.38 bits per heavy atom. The molecular weight excluding hydrogens is 444 g/mol. The fraction of sp³-hybridized carbons (Fsp3) is 0.345. The van der Waals surface area contributed by atoms with E-state index >= 15 is 0 Å². The Morgan fingerprint density at radius 1 is 0.971 bits per heavy atom. The summed E-state index contributed by atoms with van der Waals surface area (Å²) in [7, 11) is 0. The van der Waals surface area contributed by atoms with E-state index < -0.39 is 0 Å². The largest absolute Gasteiger partial charge is 0.486 e. The van der Waals surface area contributed by atoms with Crippen LogP contribution >= 0.6 is 11.6 Å². The number of benzene rings is 3. The van der Waals surface area contributed by atoms with Crippen molar-refractivity contribution in [1.29, 1.82) is 0 Å². The van der Waals surface area contributed by atoms with Gasteiger partial charge in [0.15, 0.2) is 0 Å². The van der Waals surface area contributed by atoms with Gasteiger partial charge >= 0.3 is 6.03 Å². The van der Waals surface area contributed by atoms with E-state index in [1.165, 1.54) is 43.2 Å². The predicted molar refractivity (Wildman–Crippen MR) is 140 cm³/mol. The number of halogens is 1. The van der Waals surface area contributed by atoms with Gasteiger partial charge < -0.3 is 10.1 Å². The molecule has 3 aromatic rings. The van der Waals surface area contributed by atoms with Gasteiger partial charge in [0.2, 0.25) is 0 Å². The fourth-order valence-electron chi connectivity index (χ4n) is 5.04. The lowest BCUT2D eigenvalue weighted by Crippen LogP contribution is -2.45. The zero-order valence-electron chi connectivity index (χ0n) is 19.6. The van der Waals surface area contributed by atoms with Gasteiger partial charge in [0.05, 0.1) is 12.2 Å². The highest BCUT2D eigenvalue weighted by atomic mass is 35.5. The molecule has 1 unspecified atom stereocenters. The van der Waals surface area contributed by atoms with Crippen LogP contribution in [-0.2, 0) is 0 Å². The highest BCUT2D eigenvalue weighted by Gasteiger charge is 2.29. The van der Waals surface area contributed by atoms with Crippen molar-refractivity contribution >= 4 is 29.0 Å². The average Bonchev–Trinajstić information content (AvgIpc) is 2.89. The summed E-state index contributed by atoms with van der Waals surface area (Å²) in [6.45, 7) is 2.59. The van der Waals surface area contributed by atoms with Gasteiger partial charge in [0.25, 0.3) is 0 Å². The number of amides is 2. The Morgan fingerprint density at radius 2 is 1.68 bits per heavy atom. The molecule has 0 bridgehead atoms. The summed E-state index contributed by atoms with van der Waals surface area (Å²) in [5.41, 5.74) is 5.23. The summed E-state index contributed by atoms with van der Waals surface area (Å²) < 4.78 is 6.27. The quantitative estimate of drug-likeness (QED) is 0.413. The molecule has 1 aliphatic carbocycles. The van der Waals surface area contributed by atoms with Crippen LogP contribution in [0.5, 0.6) is 5.75 Å². The summed E-state index contributed by atoms with van der Waals surface area (Å²) in [4.78, 5) is 14.9. The SMILES string of the molecule is CCC1CN(C(=O)Nc2ccc(Cl)cc2)c2ccc(-c3ccc(C4CCCCC4)cc3)cc2O1. The summed E-state index contributed by atoms with van der Waals surface area (Å²) in [5, 5.41) is 3.62. The third-order valence-corrected chi connectivity index (χ3v) is 7.30. The van der Waals surface area contributed by atoms with Gasteiger partial charge in [-0.2, -0.15) is 0 Å². The molecule has 1 atom stereocenters. The van der Waals surface area contributed by atoms with Crippen molar-refractivity contribution in [2.24, 2.45) is 0 Å². The van der Waals surface area contributed by atoms with Crippen LogP contribution in [0, 0.1) is 0 Å². The number of carbonyl (C=O) groups is 1. The normalized spacial score (nSPS) is 18.2. The highest BCUT2D eigenvalue weighted by Crippen LogP contribution is 2.39. The third kappa shape index (κ3) is 4.92. The molecule has 2 amide bonds. The number of rotatable bonds is 4. The lowest BCUT2D eigenvalue weighted by atomic mass is 9.84. The van der Waals surface area contributed by atoms with E-state index in [4.69, 9.17) is 16.3 Å². The maximum absolute atomic E-state index is 13.1. The zero-order chi connectivity index (χ0) is 23.5. The van der Waals surface area contributed by atoms with Crippen LogP contribution < -0.4 is 15.0 Å². The summed E-state index contributed by atoms with van der Waals surface area (Å²) in [6, 6.07) is 22.1. The van der Waals surface area contributed by atoms with Crippen molar-refractivity contribution < 1.29 is 9.53 Å². The molecule has 0 saturated heterocycles. The fourth-order valence-corrected chi connectivity index (χ4v) is 5.17. The molecule has 3 aromatic carbocycles. The first-order chi connectivity index (χ1) is 16.6. The van der Waals surface area contributed by atoms with E-state index in [0.717, 1.165) is 23.4 Å². The molecule has 2 aliphatic rings. The van der Waals surface area contributed by atoms with Gasteiger partial charge in [-0.3, -0.25) is 4.90 Å². The number of fused-ring (bicyclic) bond motifs is 1. The number of ether oxygens (including phenoxy) is 1. The van der Waals surface area contributed by atoms with Crippen LogP contribution in [-0.4, -0.2) is 18.7 Å². The monoisotopic (exact) mass is 474 g/mol. The van der Waals surface area contributed by atoms with Crippen molar-refractivity contribution in [2.75, 3.05) is 16.8 Å². The number of nitrogens with one attached hydrogen (secondary N) is 1. The predicted octanol–water partition coefficient (Wildman–Crippen LogP) is 8.26. The van der Waals surface area contributed by atoms with Crippen LogP contribution in [0.3, 0.4) is 0 Å². The Balaban J connectivity index is 1.38. The van der Waals surface area contributed by atoms with E-state index in [-0.39, 0.29) is 12.1 Å². The molecule has 1 heterocycles. The summed E-state index contributed by atoms with van der Waals surface area (Å²) in [5.74, 6) is 1.45. The summed E-state index contributed by atoms with van der Waals surface area (Å²) in [6.07, 6.45) is 7.44. The van der Waals surface area contributed by atoms with E-state index in [9.17, 15) is 4.79 Å². The highest BCUT2D eigenvalue weighted by molar-refractivity contribution is 6.30. The molecule has 1 fully saturated rings. The van der Waals surface area contributed by atoms with Gasteiger partial charge in [-0.15, -0.1) is 0 Å². The van der Waals surface area contributed by atoms with Gasteiger partial charge in [0.1, 0.15) is 11.9 Å². The maximum atomic E-state index is 13.1. The number of anilines is 2. The topological polar surface area (TPSA) is 41.6 Å². The molecule has 0 radical (unpaired) electrons. The van der Waals surface area contributed by atoms with Crippen LogP contribution in [0.15, 0.2) is 66.7 Å². The smallest absolute Gasteiger partial charge is 0.326 e. The minimum atomic E-state index is -0.171. The van der Waals surface area contributed by atoms with Crippen LogP contribution in [0.4, 0.5) is 16.2 Å². The van der Waals surface area contributed by atoms with Gasteiger partial charge in [-0.05, 0) is 78.3 Å². The molecule has 0 spiro atoms. The summed E-state index contributed by atoms with van der Waals surface area (Å²) >= 11 is 5.98. The minimum Gasteiger partial charge on any atom is -0.486 e. The van der Waals surface area contributed by atoms with Crippen LogP contribution in [0.25, 0.3) is 11.1 Å². The number of carbonyl (C=O) groups excluding carboxylic acids is 1. The first kappa shape index (κ1) is 22.8. The molecule has 34 heavy (non-hydrogen) atoms. The molecule has 176 valence electrons. The molecule has 0 aromatic heterocycles. The first-order valence-electron chi connectivity index (χ1n) is 12.4. The molecule has 5 rings (SSSR count). The second-order valence-corrected chi connectivity index (χ2v) is 9.77. The standard InChI is InChI=1S/C29H31ClN2O2/c1-2-26-19-32(29(33)31-25-15-13-24(30)14-16-25)27-17-12-23(18-28(27)34-26)22-10-8-21(9-11-22)20-6-4-3-5-7-20/h8-18,20,26H,2-7,19H2,1H3,(H,31,33). The lowest BCUT2D eigenvalue weighted by molar-refractivity contribution is 0.188. The molecule has 1 aliphatic heterocycles. The van der Waals surface area contributed by atoms with Crippen molar-refractivity contribution in [1.82, 2.24) is 0 Å². The zero-order valence-corrected chi connectivity index (χ0v) is 20.4. The number of urea groups is 1. The van der Waals surface area contributed by atoms with Crippen molar-refractivity contribution in [3.63, 3.8) is 0 Å². The van der Waals surface area contributed by atoms with E-state index in [0.29, 0.717) is 23.2 Å². The molecule has 5 heteroatoms.